The molecule has 0 aromatic heterocycles. The first kappa shape index (κ1) is 17.9. The van der Waals surface area contributed by atoms with Crippen LogP contribution in [0.3, 0.4) is 0 Å². The summed E-state index contributed by atoms with van der Waals surface area (Å²) in [6.07, 6.45) is 0. The SMILES string of the molecule is O=C(O)c1ccc(C(=O)N2CCN(C(=O)c3ccccc3Cl)CC2)cc1. The molecule has 3 rings (SSSR count). The Morgan fingerprint density at radius 3 is 1.81 bits per heavy atom. The van der Waals surface area contributed by atoms with E-state index in [9.17, 15) is 14.4 Å². The second kappa shape index (κ2) is 7.58. The molecule has 0 aliphatic carbocycles. The smallest absolute Gasteiger partial charge is 0.335 e. The van der Waals surface area contributed by atoms with E-state index < -0.39 is 5.97 Å². The van der Waals surface area contributed by atoms with E-state index >= 15 is 0 Å². The van der Waals surface area contributed by atoms with Crippen molar-refractivity contribution in [1.82, 2.24) is 9.80 Å². The van der Waals surface area contributed by atoms with E-state index in [1.165, 1.54) is 24.3 Å². The van der Waals surface area contributed by atoms with Gasteiger partial charge in [0, 0.05) is 31.7 Å². The largest absolute Gasteiger partial charge is 0.478 e. The second-order valence-electron chi connectivity index (χ2n) is 5.95. The maximum atomic E-state index is 12.6. The highest BCUT2D eigenvalue weighted by Gasteiger charge is 2.26. The van der Waals surface area contributed by atoms with Crippen LogP contribution in [0.5, 0.6) is 0 Å². The number of carbonyl (C=O) groups excluding carboxylic acids is 2. The Balaban J connectivity index is 1.63. The van der Waals surface area contributed by atoms with Gasteiger partial charge in [-0.3, -0.25) is 9.59 Å². The Morgan fingerprint density at radius 1 is 0.769 bits per heavy atom. The van der Waals surface area contributed by atoms with Gasteiger partial charge in [-0.1, -0.05) is 23.7 Å². The predicted molar refractivity (Wildman–Crippen MR) is 96.7 cm³/mol. The van der Waals surface area contributed by atoms with Crippen LogP contribution in [-0.4, -0.2) is 58.9 Å². The summed E-state index contributed by atoms with van der Waals surface area (Å²) >= 11 is 6.08. The Labute approximate surface area is 155 Å². The minimum atomic E-state index is -1.03. The van der Waals surface area contributed by atoms with Gasteiger partial charge in [-0.05, 0) is 36.4 Å². The topological polar surface area (TPSA) is 77.9 Å². The van der Waals surface area contributed by atoms with Gasteiger partial charge in [0.05, 0.1) is 16.1 Å². The van der Waals surface area contributed by atoms with Crippen LogP contribution in [0.4, 0.5) is 0 Å². The van der Waals surface area contributed by atoms with Crippen molar-refractivity contribution in [2.75, 3.05) is 26.2 Å². The molecule has 0 unspecified atom stereocenters. The summed E-state index contributed by atoms with van der Waals surface area (Å²) in [6.45, 7) is 1.66. The number of benzene rings is 2. The van der Waals surface area contributed by atoms with E-state index in [4.69, 9.17) is 16.7 Å². The number of carboxylic acid groups (broad SMARTS) is 1. The highest BCUT2D eigenvalue weighted by molar-refractivity contribution is 6.33. The van der Waals surface area contributed by atoms with Gasteiger partial charge in [0.2, 0.25) is 0 Å². The van der Waals surface area contributed by atoms with Crippen molar-refractivity contribution in [1.29, 1.82) is 0 Å². The van der Waals surface area contributed by atoms with Crippen LogP contribution in [0, 0.1) is 0 Å². The fraction of sp³-hybridized carbons (Fsp3) is 0.211. The van der Waals surface area contributed by atoms with Crippen molar-refractivity contribution in [3.05, 3.63) is 70.2 Å². The van der Waals surface area contributed by atoms with Crippen molar-refractivity contribution in [2.45, 2.75) is 0 Å². The van der Waals surface area contributed by atoms with Crippen LogP contribution >= 0.6 is 11.6 Å². The third-order valence-corrected chi connectivity index (χ3v) is 4.67. The molecule has 1 saturated heterocycles. The summed E-state index contributed by atoms with van der Waals surface area (Å²) in [6, 6.07) is 12.7. The zero-order chi connectivity index (χ0) is 18.7. The van der Waals surface area contributed by atoms with Gasteiger partial charge >= 0.3 is 5.97 Å². The van der Waals surface area contributed by atoms with Crippen molar-refractivity contribution < 1.29 is 19.5 Å². The average molecular weight is 373 g/mol. The zero-order valence-electron chi connectivity index (χ0n) is 13.9. The molecule has 7 heteroatoms. The van der Waals surface area contributed by atoms with Crippen molar-refractivity contribution in [3.63, 3.8) is 0 Å². The lowest BCUT2D eigenvalue weighted by Gasteiger charge is -2.35. The zero-order valence-corrected chi connectivity index (χ0v) is 14.6. The fourth-order valence-electron chi connectivity index (χ4n) is 2.86. The summed E-state index contributed by atoms with van der Waals surface area (Å²) in [5.74, 6) is -1.35. The molecule has 0 radical (unpaired) electrons. The summed E-state index contributed by atoms with van der Waals surface area (Å²) in [5.41, 5.74) is 1.02. The van der Waals surface area contributed by atoms with E-state index in [-0.39, 0.29) is 17.4 Å². The number of piperazine rings is 1. The highest BCUT2D eigenvalue weighted by atomic mass is 35.5. The molecule has 2 aromatic rings. The van der Waals surface area contributed by atoms with E-state index in [1.54, 1.807) is 34.1 Å². The molecule has 1 aliphatic heterocycles. The van der Waals surface area contributed by atoms with Gasteiger partial charge in [0.25, 0.3) is 11.8 Å². The van der Waals surface area contributed by atoms with Crippen LogP contribution < -0.4 is 0 Å². The average Bonchev–Trinajstić information content (AvgIpc) is 2.67. The van der Waals surface area contributed by atoms with Gasteiger partial charge in [0.1, 0.15) is 0 Å². The fourth-order valence-corrected chi connectivity index (χ4v) is 3.07. The number of halogens is 1. The van der Waals surface area contributed by atoms with Crippen molar-refractivity contribution in [2.24, 2.45) is 0 Å². The maximum absolute atomic E-state index is 12.6. The first-order valence-corrected chi connectivity index (χ1v) is 8.51. The molecule has 1 fully saturated rings. The van der Waals surface area contributed by atoms with Crippen LogP contribution in [0.25, 0.3) is 0 Å². The molecular weight excluding hydrogens is 356 g/mol. The number of carbonyl (C=O) groups is 3. The molecule has 1 aliphatic rings. The van der Waals surface area contributed by atoms with Gasteiger partial charge in [0.15, 0.2) is 0 Å². The Morgan fingerprint density at radius 2 is 1.27 bits per heavy atom. The Kier molecular flexibility index (Phi) is 5.23. The number of aromatic carboxylic acids is 1. The quantitative estimate of drug-likeness (QED) is 0.898. The standard InChI is InChI=1S/C19H17ClN2O4/c20-16-4-2-1-3-15(16)18(24)22-11-9-21(10-12-22)17(23)13-5-7-14(8-6-13)19(25)26/h1-8H,9-12H2,(H,25,26). The third-order valence-electron chi connectivity index (χ3n) is 4.34. The summed E-state index contributed by atoms with van der Waals surface area (Å²) in [7, 11) is 0. The van der Waals surface area contributed by atoms with Crippen LogP contribution in [0.1, 0.15) is 31.1 Å². The van der Waals surface area contributed by atoms with Crippen molar-refractivity contribution >= 4 is 29.4 Å². The van der Waals surface area contributed by atoms with Crippen molar-refractivity contribution in [3.8, 4) is 0 Å². The number of rotatable bonds is 3. The molecule has 26 heavy (non-hydrogen) atoms. The number of carboxylic acids is 1. The second-order valence-corrected chi connectivity index (χ2v) is 6.35. The van der Waals surface area contributed by atoms with Gasteiger partial charge in [-0.15, -0.1) is 0 Å². The highest BCUT2D eigenvalue weighted by Crippen LogP contribution is 2.18. The summed E-state index contributed by atoms with van der Waals surface area (Å²) < 4.78 is 0. The predicted octanol–water partition coefficient (Wildman–Crippen LogP) is 2.64. The monoisotopic (exact) mass is 372 g/mol. The minimum absolute atomic E-state index is 0.136. The molecule has 0 saturated carbocycles. The molecule has 1 N–H and O–H groups in total. The lowest BCUT2D eigenvalue weighted by molar-refractivity contribution is 0.0535. The molecule has 0 bridgehead atoms. The van der Waals surface area contributed by atoms with Crippen LogP contribution in [0.15, 0.2) is 48.5 Å². The van der Waals surface area contributed by atoms with Gasteiger partial charge < -0.3 is 14.9 Å². The Bertz CT molecular complexity index is 843. The lowest BCUT2D eigenvalue weighted by atomic mass is 10.1. The molecule has 0 spiro atoms. The lowest BCUT2D eigenvalue weighted by Crippen LogP contribution is -2.50. The minimum Gasteiger partial charge on any atom is -0.478 e. The summed E-state index contributed by atoms with van der Waals surface area (Å²) in [5, 5.41) is 9.33. The number of nitrogens with zero attached hydrogens (tertiary/aromatic N) is 2. The van der Waals surface area contributed by atoms with E-state index in [0.29, 0.717) is 42.3 Å². The van der Waals surface area contributed by atoms with Gasteiger partial charge in [-0.2, -0.15) is 0 Å². The summed E-state index contributed by atoms with van der Waals surface area (Å²) in [4.78, 5) is 39.3. The first-order valence-electron chi connectivity index (χ1n) is 8.14. The molecule has 1 heterocycles. The molecule has 0 atom stereocenters. The maximum Gasteiger partial charge on any atom is 0.335 e. The molecular formula is C19H17ClN2O4. The number of hydrogen-bond donors (Lipinski definition) is 1. The first-order chi connectivity index (χ1) is 12.5. The molecule has 2 aromatic carbocycles. The van der Waals surface area contributed by atoms with E-state index in [1.807, 2.05) is 0 Å². The normalized spacial score (nSPS) is 14.2. The van der Waals surface area contributed by atoms with E-state index in [0.717, 1.165) is 0 Å². The molecule has 6 nitrogen and oxygen atoms in total. The number of hydrogen-bond acceptors (Lipinski definition) is 3. The molecule has 134 valence electrons. The van der Waals surface area contributed by atoms with Crippen LogP contribution in [-0.2, 0) is 0 Å². The van der Waals surface area contributed by atoms with Crippen LogP contribution in [0.2, 0.25) is 5.02 Å². The Hall–Kier alpha value is -2.86. The van der Waals surface area contributed by atoms with Gasteiger partial charge in [-0.25, -0.2) is 4.79 Å². The third kappa shape index (κ3) is 3.70. The van der Waals surface area contributed by atoms with E-state index in [2.05, 4.69) is 0 Å². The molecule has 2 amide bonds. The number of amides is 2.